The molecule has 0 aliphatic carbocycles. The van der Waals surface area contributed by atoms with Gasteiger partial charge in [0.1, 0.15) is 0 Å². The number of aliphatic hydroxyl groups excluding tert-OH is 1. The molecule has 24 rings (SSSR count). The van der Waals surface area contributed by atoms with Crippen LogP contribution in [0.1, 0.15) is 13.8 Å². The van der Waals surface area contributed by atoms with Gasteiger partial charge in [-0.1, -0.05) is 328 Å². The number of thiophene rings is 6. The molecule has 135 heavy (non-hydrogen) atoms. The van der Waals surface area contributed by atoms with Crippen LogP contribution in [0.2, 0.25) is 0 Å². The molecule has 24 aromatic rings. The van der Waals surface area contributed by atoms with Crippen molar-refractivity contribution in [3.63, 3.8) is 0 Å². The molecule has 0 aliphatic rings. The molecule has 8 nitrogen and oxygen atoms in total. The largest absolute Gasteiger partial charge is 3.00 e. The quantitative estimate of drug-likeness (QED) is 0.0528. The van der Waals surface area contributed by atoms with Crippen LogP contribution in [-0.2, 0) is 40.2 Å². The van der Waals surface area contributed by atoms with Crippen molar-refractivity contribution in [3.8, 4) is 130 Å². The second kappa shape index (κ2) is 46.5. The fourth-order valence-corrected chi connectivity index (χ4v) is 20.5. The molecular formula is C119H82Ir2N6O2S6-7. The summed E-state index contributed by atoms with van der Waals surface area (Å²) in [6.07, 6.45) is 12.9. The average Bonchev–Trinajstić information content (AvgIpc) is 1.73. The molecule has 0 bridgehead atoms. The van der Waals surface area contributed by atoms with E-state index < -0.39 is 0 Å². The summed E-state index contributed by atoms with van der Waals surface area (Å²) in [5.74, 6) is 0.250. The number of aromatic nitrogens is 6. The molecule has 0 spiro atoms. The topological polar surface area (TPSA) is 119 Å². The normalized spacial score (nSPS) is 10.7. The zero-order valence-electron chi connectivity index (χ0n) is 72.9. The second-order valence-electron chi connectivity index (χ2n) is 30.6. The van der Waals surface area contributed by atoms with Crippen LogP contribution in [0.25, 0.3) is 191 Å². The molecule has 12 aromatic carbocycles. The van der Waals surface area contributed by atoms with Gasteiger partial charge in [-0.25, -0.2) is 56.7 Å². The number of hydrogen-bond donors (Lipinski definition) is 1. The number of nitrogens with zero attached hydrogens (tertiary/aromatic N) is 6. The summed E-state index contributed by atoms with van der Waals surface area (Å²) in [4.78, 5) is 42.7. The predicted molar refractivity (Wildman–Crippen MR) is 566 cm³/mol. The Labute approximate surface area is 836 Å². The van der Waals surface area contributed by atoms with Gasteiger partial charge in [-0.3, -0.25) is 9.78 Å². The Bertz CT molecular complexity index is 6550. The number of ketones is 1. The summed E-state index contributed by atoms with van der Waals surface area (Å²) in [7, 11) is 0. The van der Waals surface area contributed by atoms with Gasteiger partial charge < -0.3 is 50.1 Å². The maximum absolute atomic E-state index is 8.40. The molecule has 0 atom stereocenters. The van der Waals surface area contributed by atoms with Crippen molar-refractivity contribution in [2.24, 2.45) is 0 Å². The smallest absolute Gasteiger partial charge is 0.316 e. The van der Waals surface area contributed by atoms with Crippen LogP contribution in [0.5, 0.6) is 0 Å². The molecule has 12 aromatic heterocycles. The van der Waals surface area contributed by atoms with Crippen molar-refractivity contribution in [2.75, 3.05) is 0 Å². The third-order valence-electron chi connectivity index (χ3n) is 21.2. The van der Waals surface area contributed by atoms with Crippen LogP contribution >= 0.6 is 68.0 Å². The van der Waals surface area contributed by atoms with Gasteiger partial charge >= 0.3 is 5.78 Å². The zero-order chi connectivity index (χ0) is 90.3. The number of hydrogen-bond acceptors (Lipinski definition) is 13. The minimum atomic E-state index is 0. The number of carbonyl (C=O) groups excluding carboxylic acids is 1. The van der Waals surface area contributed by atoms with Crippen LogP contribution in [0.4, 0.5) is 0 Å². The molecule has 2 N–H and O–H groups in total. The maximum atomic E-state index is 8.40. The fraction of sp³-hybridized carbons (Fsp3) is 0.0168. The van der Waals surface area contributed by atoms with Crippen molar-refractivity contribution in [3.05, 3.63) is 486 Å². The second-order valence-corrected chi connectivity index (χ2v) is 37.0. The van der Waals surface area contributed by atoms with Crippen molar-refractivity contribution >= 4 is 134 Å². The van der Waals surface area contributed by atoms with Gasteiger partial charge in [0.2, 0.25) is 0 Å². The van der Waals surface area contributed by atoms with Gasteiger partial charge in [0, 0.05) is 96.0 Å². The van der Waals surface area contributed by atoms with Gasteiger partial charge in [0.05, 0.1) is 29.3 Å². The van der Waals surface area contributed by atoms with Crippen LogP contribution in [-0.4, -0.2) is 45.6 Å². The molecule has 1 radical (unpaired) electrons. The van der Waals surface area contributed by atoms with Gasteiger partial charge in [0.25, 0.3) is 0 Å². The minimum absolute atomic E-state index is 0. The van der Waals surface area contributed by atoms with E-state index in [1.807, 2.05) is 165 Å². The number of allylic oxidation sites excluding steroid dienone is 2. The molecule has 12 heterocycles. The average molecular weight is 2200 g/mol. The van der Waals surface area contributed by atoms with E-state index in [1.165, 1.54) is 91.8 Å². The molecule has 0 amide bonds. The summed E-state index contributed by atoms with van der Waals surface area (Å²) in [6.45, 7) is 3.00. The van der Waals surface area contributed by atoms with E-state index in [0.717, 1.165) is 119 Å². The molecule has 0 aliphatic heterocycles. The first-order chi connectivity index (χ1) is 65.5. The summed E-state index contributed by atoms with van der Waals surface area (Å²) in [5, 5.41) is 15.5. The fourth-order valence-electron chi connectivity index (χ4n) is 14.6. The Kier molecular flexibility index (Phi) is 32.4. The molecule has 0 unspecified atom stereocenters. The monoisotopic (exact) mass is 2200 g/mol. The van der Waals surface area contributed by atoms with Crippen molar-refractivity contribution in [1.82, 2.24) is 29.9 Å². The minimum Gasteiger partial charge on any atom is -3.00 e. The van der Waals surface area contributed by atoms with Crippen LogP contribution < -0.4 is 0 Å². The third-order valence-corrected chi connectivity index (χ3v) is 27.8. The predicted octanol–water partition coefficient (Wildman–Crippen LogP) is 33.8. The molecule has 16 heteroatoms. The number of aliphatic hydroxyl groups is 1. The van der Waals surface area contributed by atoms with Crippen LogP contribution in [0, 0.1) is 30.3 Å². The summed E-state index contributed by atoms with van der Waals surface area (Å²) >= 11 is 10.5. The van der Waals surface area contributed by atoms with E-state index in [9.17, 15) is 0 Å². The third kappa shape index (κ3) is 24.6. The van der Waals surface area contributed by atoms with Crippen molar-refractivity contribution in [1.29, 1.82) is 0 Å². The Hall–Kier alpha value is -14.2. The number of pyridine rings is 6. The molecule has 0 fully saturated rings. The van der Waals surface area contributed by atoms with Crippen molar-refractivity contribution < 1.29 is 50.1 Å². The number of rotatable bonds is 13. The van der Waals surface area contributed by atoms with Gasteiger partial charge in [-0.2, -0.15) is 0 Å². The van der Waals surface area contributed by atoms with E-state index >= 15 is 0 Å². The molecular weight excluding hydrogens is 2120 g/mol. The summed E-state index contributed by atoms with van der Waals surface area (Å²) in [6, 6.07) is 157. The molecule has 0 saturated heterocycles. The van der Waals surface area contributed by atoms with E-state index in [1.54, 1.807) is 68.0 Å². The standard InChI is InChI=1S/C19H13NS.5C19H12NS.C5H8O2.2Ir/c6*1-2-6-14(7-3-1)16-10-11-17(20-13-16)19-12-15-8-4-5-9-18(15)21-19;1-4(6)3-5(2)7;;/h1-13H;5*1-11,13H;3,6H,1-2H3;;/q;5*-1;;;-3/p+1. The Balaban J connectivity index is 0.000000116. The van der Waals surface area contributed by atoms with E-state index in [4.69, 9.17) is 9.90 Å². The number of benzene rings is 12. The van der Waals surface area contributed by atoms with Crippen LogP contribution in [0.3, 0.4) is 0 Å². The molecule has 661 valence electrons. The molecule has 0 saturated carbocycles. The van der Waals surface area contributed by atoms with Crippen molar-refractivity contribution in [2.45, 2.75) is 13.8 Å². The maximum Gasteiger partial charge on any atom is 0.316 e. The first-order valence-electron chi connectivity index (χ1n) is 43.1. The zero-order valence-corrected chi connectivity index (χ0v) is 82.6. The Morgan fingerprint density at radius 1 is 0.237 bits per heavy atom. The van der Waals surface area contributed by atoms with E-state index in [0.29, 0.717) is 0 Å². The first-order valence-corrected chi connectivity index (χ1v) is 48.0. The van der Waals surface area contributed by atoms with E-state index in [-0.39, 0.29) is 51.8 Å². The summed E-state index contributed by atoms with van der Waals surface area (Å²) in [5.41, 5.74) is 20.0. The Morgan fingerprint density at radius 3 is 0.622 bits per heavy atom. The van der Waals surface area contributed by atoms with Gasteiger partial charge in [-0.05, 0) is 140 Å². The SMILES string of the molecule is CC(=[OH+])C=C(C)O.[Ir-3].[Ir].[c-]1c(-c2ccc(-c3ccccc3)cn2)sc2ccccc12.[c-]1c(-c2ccc(-c3ccccc3)cn2)sc2ccccc12.[c-]1c(-c2ccc(-c3ccccc3)cn2)sc2ccccc12.[c-]1c(-c2ccc(-c3ccccc3)cn2)sc2ccccc12.[c-]1c(-c2ccc(-c3ccccc3)cn2)sc2ccccc12.c1ccc(-c2ccc(-c3cc4ccccc4s3)nc2)cc1. The van der Waals surface area contributed by atoms with Gasteiger partial charge in [0.15, 0.2) is 0 Å². The Morgan fingerprint density at radius 2 is 0.437 bits per heavy atom. The van der Waals surface area contributed by atoms with E-state index in [2.05, 4.69) is 339 Å². The summed E-state index contributed by atoms with van der Waals surface area (Å²) < 4.78 is 7.56. The first kappa shape index (κ1) is 94.0. The number of fused-ring (bicyclic) bond motifs is 6. The van der Waals surface area contributed by atoms with Gasteiger partial charge in [-0.15, -0.1) is 129 Å². The van der Waals surface area contributed by atoms with Crippen LogP contribution in [0.15, 0.2) is 455 Å².